The molecule has 0 radical (unpaired) electrons. The van der Waals surface area contributed by atoms with Gasteiger partial charge in [-0.2, -0.15) is 5.10 Å². The molecule has 7 nitrogen and oxygen atoms in total. The molecular formula is C21H23BrClN3O4. The Morgan fingerprint density at radius 3 is 2.67 bits per heavy atom. The van der Waals surface area contributed by atoms with Crippen LogP contribution in [0.25, 0.3) is 0 Å². The fourth-order valence-electron chi connectivity index (χ4n) is 2.41. The Hall–Kier alpha value is -2.58. The third-order valence-corrected chi connectivity index (χ3v) is 4.62. The van der Waals surface area contributed by atoms with Gasteiger partial charge in [0.25, 0.3) is 0 Å². The van der Waals surface area contributed by atoms with E-state index >= 15 is 0 Å². The van der Waals surface area contributed by atoms with Crippen LogP contribution in [0.5, 0.6) is 11.5 Å². The number of nitrogens with one attached hydrogen (secondary N) is 2. The minimum Gasteiger partial charge on any atom is -0.493 e. The first-order valence-corrected chi connectivity index (χ1v) is 10.5. The van der Waals surface area contributed by atoms with Crippen molar-refractivity contribution in [2.24, 2.45) is 5.10 Å². The summed E-state index contributed by atoms with van der Waals surface area (Å²) in [5, 5.41) is 7.14. The average Bonchev–Trinajstić information content (AvgIpc) is 2.71. The van der Waals surface area contributed by atoms with Gasteiger partial charge in [-0.1, -0.05) is 24.6 Å². The molecule has 0 aliphatic rings. The first kappa shape index (κ1) is 23.7. The Morgan fingerprint density at radius 1 is 1.20 bits per heavy atom. The van der Waals surface area contributed by atoms with Crippen molar-refractivity contribution in [2.45, 2.75) is 26.2 Å². The number of nitrogens with zero attached hydrogens (tertiary/aromatic N) is 1. The maximum atomic E-state index is 11.9. The van der Waals surface area contributed by atoms with Gasteiger partial charge < -0.3 is 14.8 Å². The van der Waals surface area contributed by atoms with Gasteiger partial charge in [0.15, 0.2) is 11.5 Å². The molecule has 0 aliphatic carbocycles. The molecule has 0 spiro atoms. The number of benzene rings is 2. The molecule has 0 unspecified atom stereocenters. The number of hydrazone groups is 1. The van der Waals surface area contributed by atoms with Crippen molar-refractivity contribution in [3.05, 3.63) is 51.5 Å². The van der Waals surface area contributed by atoms with Crippen molar-refractivity contribution in [3.63, 3.8) is 0 Å². The quantitative estimate of drug-likeness (QED) is 0.366. The van der Waals surface area contributed by atoms with E-state index in [2.05, 4.69) is 31.8 Å². The van der Waals surface area contributed by atoms with Crippen LogP contribution in [0, 0.1) is 0 Å². The summed E-state index contributed by atoms with van der Waals surface area (Å²) in [6.45, 7) is 2.59. The van der Waals surface area contributed by atoms with Crippen LogP contribution in [-0.4, -0.2) is 31.7 Å². The second-order valence-electron chi connectivity index (χ2n) is 6.23. The lowest BCUT2D eigenvalue weighted by molar-refractivity contribution is -0.124. The highest BCUT2D eigenvalue weighted by Crippen LogP contribution is 2.36. The summed E-state index contributed by atoms with van der Waals surface area (Å²) in [5.74, 6) is 0.517. The van der Waals surface area contributed by atoms with Gasteiger partial charge in [0.1, 0.15) is 0 Å². The zero-order valence-electron chi connectivity index (χ0n) is 16.7. The first-order chi connectivity index (χ1) is 14.4. The fourth-order valence-corrected chi connectivity index (χ4v) is 3.17. The molecule has 2 N–H and O–H groups in total. The van der Waals surface area contributed by atoms with Gasteiger partial charge in [-0.15, -0.1) is 0 Å². The van der Waals surface area contributed by atoms with Crippen LogP contribution < -0.4 is 20.2 Å². The van der Waals surface area contributed by atoms with Crippen molar-refractivity contribution in [1.82, 2.24) is 5.43 Å². The monoisotopic (exact) mass is 495 g/mol. The number of amides is 2. The standard InChI is InChI=1S/C21H23BrClN3O4/c1-3-9-30-21-17(22)10-14(11-18(21)29-2)13-24-26-20(28)8-7-19(27)25-16-6-4-5-15(23)12-16/h4-6,10-13H,3,7-9H2,1-2H3,(H,25,27)(H,26,28). The van der Waals surface area contributed by atoms with E-state index in [4.69, 9.17) is 21.1 Å². The van der Waals surface area contributed by atoms with Gasteiger partial charge in [0.2, 0.25) is 11.8 Å². The highest BCUT2D eigenvalue weighted by Gasteiger charge is 2.11. The molecule has 9 heteroatoms. The van der Waals surface area contributed by atoms with E-state index in [0.717, 1.165) is 10.9 Å². The predicted octanol–water partition coefficient (Wildman–Crippen LogP) is 4.77. The van der Waals surface area contributed by atoms with Gasteiger partial charge in [-0.05, 0) is 58.2 Å². The van der Waals surface area contributed by atoms with Crippen molar-refractivity contribution in [1.29, 1.82) is 0 Å². The van der Waals surface area contributed by atoms with Crippen LogP contribution in [0.2, 0.25) is 5.02 Å². The molecular weight excluding hydrogens is 474 g/mol. The van der Waals surface area contributed by atoms with E-state index in [0.29, 0.717) is 34.4 Å². The van der Waals surface area contributed by atoms with E-state index in [1.165, 1.54) is 6.21 Å². The van der Waals surface area contributed by atoms with E-state index in [1.807, 2.05) is 13.0 Å². The minimum absolute atomic E-state index is 0.000546. The molecule has 0 bridgehead atoms. The first-order valence-electron chi connectivity index (χ1n) is 9.30. The molecule has 0 aromatic heterocycles. The van der Waals surface area contributed by atoms with Crippen LogP contribution in [0.15, 0.2) is 46.0 Å². The van der Waals surface area contributed by atoms with Crippen LogP contribution in [0.3, 0.4) is 0 Å². The molecule has 30 heavy (non-hydrogen) atoms. The zero-order valence-corrected chi connectivity index (χ0v) is 19.0. The number of hydrogen-bond acceptors (Lipinski definition) is 5. The lowest BCUT2D eigenvalue weighted by atomic mass is 10.2. The summed E-state index contributed by atoms with van der Waals surface area (Å²) in [7, 11) is 1.55. The SMILES string of the molecule is CCCOc1c(Br)cc(C=NNC(=O)CCC(=O)Nc2cccc(Cl)c2)cc1OC. The van der Waals surface area contributed by atoms with Crippen LogP contribution in [0.4, 0.5) is 5.69 Å². The number of hydrogen-bond donors (Lipinski definition) is 2. The Labute approximate surface area is 188 Å². The number of methoxy groups -OCH3 is 1. The molecule has 2 aromatic carbocycles. The molecule has 0 fully saturated rings. The second-order valence-corrected chi connectivity index (χ2v) is 7.53. The Bertz CT molecular complexity index is 921. The van der Waals surface area contributed by atoms with E-state index in [1.54, 1.807) is 37.4 Å². The lowest BCUT2D eigenvalue weighted by Gasteiger charge is -2.12. The summed E-state index contributed by atoms with van der Waals surface area (Å²) in [5.41, 5.74) is 3.70. The molecule has 160 valence electrons. The molecule has 0 saturated carbocycles. The summed E-state index contributed by atoms with van der Waals surface area (Å²) in [6.07, 6.45) is 2.39. The Morgan fingerprint density at radius 2 is 1.97 bits per heavy atom. The van der Waals surface area contributed by atoms with Gasteiger partial charge >= 0.3 is 0 Å². The zero-order chi connectivity index (χ0) is 21.9. The van der Waals surface area contributed by atoms with Crippen LogP contribution >= 0.6 is 27.5 Å². The summed E-state index contributed by atoms with van der Waals surface area (Å²) in [6, 6.07) is 10.4. The lowest BCUT2D eigenvalue weighted by Crippen LogP contribution is -2.20. The predicted molar refractivity (Wildman–Crippen MR) is 122 cm³/mol. The molecule has 2 aromatic rings. The molecule has 0 saturated heterocycles. The summed E-state index contributed by atoms with van der Waals surface area (Å²) >= 11 is 9.33. The van der Waals surface area contributed by atoms with Crippen LogP contribution in [0.1, 0.15) is 31.7 Å². The third kappa shape index (κ3) is 7.68. The number of ether oxygens (including phenoxy) is 2. The second kappa shape index (κ2) is 12.2. The molecule has 2 rings (SSSR count). The van der Waals surface area contributed by atoms with Crippen LogP contribution in [-0.2, 0) is 9.59 Å². The topological polar surface area (TPSA) is 89.0 Å². The number of rotatable bonds is 10. The highest BCUT2D eigenvalue weighted by atomic mass is 79.9. The normalized spacial score (nSPS) is 10.7. The molecule has 0 heterocycles. The smallest absolute Gasteiger partial charge is 0.240 e. The Balaban J connectivity index is 1.85. The largest absolute Gasteiger partial charge is 0.493 e. The van der Waals surface area contributed by atoms with Crippen molar-refractivity contribution in [3.8, 4) is 11.5 Å². The van der Waals surface area contributed by atoms with Crippen molar-refractivity contribution in [2.75, 3.05) is 19.0 Å². The third-order valence-electron chi connectivity index (χ3n) is 3.79. The van der Waals surface area contributed by atoms with Gasteiger partial charge in [0, 0.05) is 23.6 Å². The van der Waals surface area contributed by atoms with Gasteiger partial charge in [0.05, 0.1) is 24.4 Å². The van der Waals surface area contributed by atoms with Crippen molar-refractivity contribution < 1.29 is 19.1 Å². The highest BCUT2D eigenvalue weighted by molar-refractivity contribution is 9.10. The number of carbonyl (C=O) groups is 2. The van der Waals surface area contributed by atoms with E-state index < -0.39 is 0 Å². The fraction of sp³-hybridized carbons (Fsp3) is 0.286. The molecule has 0 atom stereocenters. The maximum Gasteiger partial charge on any atom is 0.240 e. The molecule has 0 aliphatic heterocycles. The van der Waals surface area contributed by atoms with Gasteiger partial charge in [-0.25, -0.2) is 5.43 Å². The van der Waals surface area contributed by atoms with Gasteiger partial charge in [-0.3, -0.25) is 9.59 Å². The number of carbonyl (C=O) groups excluding carboxylic acids is 2. The maximum absolute atomic E-state index is 11.9. The summed E-state index contributed by atoms with van der Waals surface area (Å²) < 4.78 is 11.8. The van der Waals surface area contributed by atoms with E-state index in [-0.39, 0.29) is 24.7 Å². The average molecular weight is 497 g/mol. The molecule has 2 amide bonds. The van der Waals surface area contributed by atoms with E-state index in [9.17, 15) is 9.59 Å². The minimum atomic E-state index is -0.374. The summed E-state index contributed by atoms with van der Waals surface area (Å²) in [4.78, 5) is 23.9. The number of anilines is 1. The van der Waals surface area contributed by atoms with Crippen molar-refractivity contribution >= 4 is 51.2 Å². The number of halogens is 2. The Kier molecular flexibility index (Phi) is 9.63.